The molecule has 3 N–H and O–H groups in total. The van der Waals surface area contributed by atoms with Crippen LogP contribution in [-0.2, 0) is 10.3 Å². The number of amides is 1. The molecule has 4 rings (SSSR count). The van der Waals surface area contributed by atoms with Gasteiger partial charge in [0.05, 0.1) is 29.8 Å². The van der Waals surface area contributed by atoms with Crippen LogP contribution in [0.3, 0.4) is 0 Å². The lowest BCUT2D eigenvalue weighted by Crippen LogP contribution is -2.49. The number of carbonyl (C=O) groups excluding carboxylic acids is 1. The first-order chi connectivity index (χ1) is 13.3. The molecule has 0 aliphatic carbocycles. The largest absolute Gasteiger partial charge is 0.504 e. The lowest BCUT2D eigenvalue weighted by atomic mass is 9.97. The first-order valence-corrected chi connectivity index (χ1v) is 9.12. The Morgan fingerprint density at radius 2 is 1.93 bits per heavy atom. The molecule has 28 heavy (non-hydrogen) atoms. The highest BCUT2D eigenvalue weighted by atomic mass is 16.5. The smallest absolute Gasteiger partial charge is 0.251 e. The average molecular weight is 381 g/mol. The van der Waals surface area contributed by atoms with Gasteiger partial charge in [0, 0.05) is 23.7 Å². The maximum atomic E-state index is 12.1. The fraction of sp³-hybridized carbons (Fsp3) is 0.333. The molecule has 1 aliphatic heterocycles. The second-order valence-electron chi connectivity index (χ2n) is 7.61. The predicted octanol–water partition coefficient (Wildman–Crippen LogP) is 2.84. The summed E-state index contributed by atoms with van der Waals surface area (Å²) in [5, 5.41) is 23.1. The van der Waals surface area contributed by atoms with E-state index in [1.165, 1.54) is 0 Å². The molecule has 1 aliphatic rings. The summed E-state index contributed by atoms with van der Waals surface area (Å²) in [6.07, 6.45) is 0. The average Bonchev–Trinajstić information content (AvgIpc) is 3.05. The van der Waals surface area contributed by atoms with Crippen LogP contribution >= 0.6 is 0 Å². The van der Waals surface area contributed by atoms with E-state index in [0.717, 1.165) is 16.6 Å². The third-order valence-electron chi connectivity index (χ3n) is 5.47. The van der Waals surface area contributed by atoms with Crippen molar-refractivity contribution in [1.29, 1.82) is 0 Å². The molecule has 1 amide bonds. The Kier molecular flexibility index (Phi) is 4.08. The maximum Gasteiger partial charge on any atom is 0.251 e. The van der Waals surface area contributed by atoms with Crippen LogP contribution in [-0.4, -0.2) is 45.9 Å². The van der Waals surface area contributed by atoms with E-state index in [1.807, 2.05) is 18.2 Å². The van der Waals surface area contributed by atoms with Crippen molar-refractivity contribution in [3.8, 4) is 22.9 Å². The normalized spacial score (nSPS) is 15.4. The molecule has 1 saturated heterocycles. The summed E-state index contributed by atoms with van der Waals surface area (Å²) < 4.78 is 7.56. The van der Waals surface area contributed by atoms with Gasteiger partial charge in [0.1, 0.15) is 5.82 Å². The number of benzene rings is 2. The first kappa shape index (κ1) is 18.3. The molecule has 1 aromatic heterocycles. The number of phenols is 2. The van der Waals surface area contributed by atoms with E-state index < -0.39 is 0 Å². The number of hydrogen-bond acceptors (Lipinski definition) is 5. The van der Waals surface area contributed by atoms with Crippen LogP contribution in [0.5, 0.6) is 11.5 Å². The second-order valence-corrected chi connectivity index (χ2v) is 7.61. The first-order valence-electron chi connectivity index (χ1n) is 9.12. The van der Waals surface area contributed by atoms with E-state index >= 15 is 0 Å². The summed E-state index contributed by atoms with van der Waals surface area (Å²) in [6, 6.07) is 7.22. The molecule has 0 atom stereocenters. The van der Waals surface area contributed by atoms with Gasteiger partial charge in [0.25, 0.3) is 5.91 Å². The van der Waals surface area contributed by atoms with E-state index in [0.29, 0.717) is 35.7 Å². The third-order valence-corrected chi connectivity index (χ3v) is 5.47. The summed E-state index contributed by atoms with van der Waals surface area (Å²) in [4.78, 5) is 16.9. The number of phenolic OH excluding ortho intramolecular Hbond substituents is 2. The predicted molar refractivity (Wildman–Crippen MR) is 106 cm³/mol. The summed E-state index contributed by atoms with van der Waals surface area (Å²) in [5.74, 6) is 0.241. The second kappa shape index (κ2) is 6.24. The van der Waals surface area contributed by atoms with Crippen molar-refractivity contribution in [1.82, 2.24) is 14.9 Å². The molecule has 1 fully saturated rings. The Bertz CT molecular complexity index is 1110. The van der Waals surface area contributed by atoms with Crippen LogP contribution < -0.4 is 5.32 Å². The van der Waals surface area contributed by atoms with Crippen LogP contribution in [0.15, 0.2) is 24.3 Å². The van der Waals surface area contributed by atoms with Crippen molar-refractivity contribution in [2.75, 3.05) is 20.3 Å². The molecular formula is C21H23N3O4. The molecule has 0 spiro atoms. The summed E-state index contributed by atoms with van der Waals surface area (Å²) in [5.41, 5.74) is 3.66. The van der Waals surface area contributed by atoms with Gasteiger partial charge in [0.2, 0.25) is 0 Å². The Hall–Kier alpha value is -3.06. The zero-order chi connectivity index (χ0) is 20.2. The van der Waals surface area contributed by atoms with Gasteiger partial charge in [-0.05, 0) is 50.6 Å². The molecule has 0 radical (unpaired) electrons. The van der Waals surface area contributed by atoms with Crippen LogP contribution in [0.2, 0.25) is 0 Å². The van der Waals surface area contributed by atoms with Gasteiger partial charge in [-0.25, -0.2) is 4.98 Å². The van der Waals surface area contributed by atoms with Crippen molar-refractivity contribution in [3.63, 3.8) is 0 Å². The molecule has 146 valence electrons. The molecule has 0 saturated carbocycles. The van der Waals surface area contributed by atoms with Gasteiger partial charge in [-0.2, -0.15) is 0 Å². The monoisotopic (exact) mass is 381 g/mol. The lowest BCUT2D eigenvalue weighted by Gasteiger charge is -2.41. The van der Waals surface area contributed by atoms with Gasteiger partial charge in [0.15, 0.2) is 11.5 Å². The third kappa shape index (κ3) is 2.54. The highest BCUT2D eigenvalue weighted by Crippen LogP contribution is 2.42. The van der Waals surface area contributed by atoms with Crippen molar-refractivity contribution < 1.29 is 19.7 Å². The fourth-order valence-corrected chi connectivity index (χ4v) is 3.73. The van der Waals surface area contributed by atoms with Gasteiger partial charge >= 0.3 is 0 Å². The molecule has 3 aromatic rings. The number of rotatable bonds is 3. The Morgan fingerprint density at radius 1 is 1.21 bits per heavy atom. The molecule has 0 unspecified atom stereocenters. The quantitative estimate of drug-likeness (QED) is 0.606. The van der Waals surface area contributed by atoms with E-state index in [-0.39, 0.29) is 22.9 Å². The van der Waals surface area contributed by atoms with Crippen LogP contribution in [0, 0.1) is 13.8 Å². The zero-order valence-electron chi connectivity index (χ0n) is 16.3. The molecular weight excluding hydrogens is 358 g/mol. The Balaban J connectivity index is 2.04. The van der Waals surface area contributed by atoms with Gasteiger partial charge in [-0.1, -0.05) is 0 Å². The number of carbonyl (C=O) groups is 1. The lowest BCUT2D eigenvalue weighted by molar-refractivity contribution is -0.0868. The van der Waals surface area contributed by atoms with Crippen molar-refractivity contribution in [2.24, 2.45) is 0 Å². The van der Waals surface area contributed by atoms with Crippen LogP contribution in [0.1, 0.15) is 28.4 Å². The minimum atomic E-state index is -0.320. The number of aromatic hydroxyl groups is 2. The topological polar surface area (TPSA) is 96.6 Å². The molecule has 2 heterocycles. The van der Waals surface area contributed by atoms with Gasteiger partial charge < -0.3 is 24.8 Å². The summed E-state index contributed by atoms with van der Waals surface area (Å²) >= 11 is 0. The Labute approximate surface area is 162 Å². The number of fused-ring (bicyclic) bond motifs is 1. The van der Waals surface area contributed by atoms with Gasteiger partial charge in [-0.15, -0.1) is 0 Å². The van der Waals surface area contributed by atoms with Crippen LogP contribution in [0.4, 0.5) is 0 Å². The number of aryl methyl sites for hydroxylation is 1. The number of hydrogen-bond donors (Lipinski definition) is 3. The molecule has 0 bridgehead atoms. The van der Waals surface area contributed by atoms with Crippen molar-refractivity contribution >= 4 is 16.9 Å². The minimum absolute atomic E-state index is 0.121. The summed E-state index contributed by atoms with van der Waals surface area (Å²) in [6.45, 7) is 6.62. The van der Waals surface area contributed by atoms with Gasteiger partial charge in [-0.3, -0.25) is 4.79 Å². The van der Waals surface area contributed by atoms with Crippen LogP contribution in [0.25, 0.3) is 22.4 Å². The maximum absolute atomic E-state index is 12.1. The van der Waals surface area contributed by atoms with E-state index in [9.17, 15) is 15.0 Å². The standard InChI is InChI=1S/C21H23N3O4/c1-11-7-14(12(2)18(26)17(11)25)19-23-15-6-5-13(20(27)22-4)8-16(15)24(19)21(3)9-28-10-21/h5-8,25-26H,9-10H2,1-4H3,(H,22,27). The fourth-order valence-electron chi connectivity index (χ4n) is 3.73. The highest BCUT2D eigenvalue weighted by Gasteiger charge is 2.39. The molecule has 7 nitrogen and oxygen atoms in total. The number of ether oxygens (including phenoxy) is 1. The number of aromatic nitrogens is 2. The number of nitrogens with one attached hydrogen (secondary N) is 1. The molecule has 7 heteroatoms. The molecule has 2 aromatic carbocycles. The zero-order valence-corrected chi connectivity index (χ0v) is 16.3. The van der Waals surface area contributed by atoms with E-state index in [4.69, 9.17) is 9.72 Å². The summed E-state index contributed by atoms with van der Waals surface area (Å²) in [7, 11) is 1.60. The van der Waals surface area contributed by atoms with Crippen molar-refractivity contribution in [2.45, 2.75) is 26.3 Å². The Morgan fingerprint density at radius 3 is 2.54 bits per heavy atom. The number of imidazole rings is 1. The van der Waals surface area contributed by atoms with E-state index in [2.05, 4.69) is 16.8 Å². The minimum Gasteiger partial charge on any atom is -0.504 e. The number of nitrogens with zero attached hydrogens (tertiary/aromatic N) is 2. The van der Waals surface area contributed by atoms with E-state index in [1.54, 1.807) is 27.0 Å². The SMILES string of the molecule is CNC(=O)c1ccc2nc(-c3cc(C)c(O)c(O)c3C)n(C3(C)COC3)c2c1. The highest BCUT2D eigenvalue weighted by molar-refractivity contribution is 5.98. The van der Waals surface area contributed by atoms with Crippen molar-refractivity contribution in [3.05, 3.63) is 41.0 Å².